The fourth-order valence-electron chi connectivity index (χ4n) is 2.51. The van der Waals surface area contributed by atoms with Crippen LogP contribution < -0.4 is 0 Å². The van der Waals surface area contributed by atoms with Crippen LogP contribution in [0.2, 0.25) is 0 Å². The average molecular weight is 293 g/mol. The standard InChI is InChI=1S/C12H23NO5S/c1-9-4-11(12(14)15)6-13(5-9)19(16,17)8-10(2)7-18-3/h9-11H,4-8H2,1-3H3,(H,14,15). The summed E-state index contributed by atoms with van der Waals surface area (Å²) in [7, 11) is -1.88. The van der Waals surface area contributed by atoms with Crippen LogP contribution in [0.5, 0.6) is 0 Å². The molecule has 1 aliphatic rings. The number of nitrogens with zero attached hydrogens (tertiary/aromatic N) is 1. The number of hydrogen-bond donors (Lipinski definition) is 1. The van der Waals surface area contributed by atoms with Gasteiger partial charge in [-0.15, -0.1) is 0 Å². The minimum Gasteiger partial charge on any atom is -0.481 e. The van der Waals surface area contributed by atoms with E-state index in [4.69, 9.17) is 9.84 Å². The van der Waals surface area contributed by atoms with Crippen molar-refractivity contribution < 1.29 is 23.1 Å². The van der Waals surface area contributed by atoms with Crippen LogP contribution in [0.1, 0.15) is 20.3 Å². The second-order valence-corrected chi connectivity index (χ2v) is 7.55. The third-order valence-electron chi connectivity index (χ3n) is 3.32. The first-order valence-electron chi connectivity index (χ1n) is 6.45. The monoisotopic (exact) mass is 293 g/mol. The Balaban J connectivity index is 2.74. The fraction of sp³-hybridized carbons (Fsp3) is 0.917. The Hall–Kier alpha value is -0.660. The van der Waals surface area contributed by atoms with Crippen molar-refractivity contribution in [1.29, 1.82) is 0 Å². The number of carbonyl (C=O) groups is 1. The molecule has 3 unspecified atom stereocenters. The number of methoxy groups -OCH3 is 1. The number of hydrogen-bond acceptors (Lipinski definition) is 4. The summed E-state index contributed by atoms with van der Waals surface area (Å²) in [5.74, 6) is -1.55. The molecule has 0 aromatic rings. The van der Waals surface area contributed by atoms with Gasteiger partial charge in [-0.2, -0.15) is 0 Å². The van der Waals surface area contributed by atoms with Gasteiger partial charge in [-0.3, -0.25) is 4.79 Å². The molecule has 0 saturated carbocycles. The van der Waals surface area contributed by atoms with Crippen LogP contribution in [0.15, 0.2) is 0 Å². The largest absolute Gasteiger partial charge is 0.481 e. The van der Waals surface area contributed by atoms with E-state index in [9.17, 15) is 13.2 Å². The van der Waals surface area contributed by atoms with Gasteiger partial charge in [0.15, 0.2) is 0 Å². The van der Waals surface area contributed by atoms with Gasteiger partial charge in [-0.1, -0.05) is 13.8 Å². The van der Waals surface area contributed by atoms with Gasteiger partial charge in [0.2, 0.25) is 10.0 Å². The van der Waals surface area contributed by atoms with Gasteiger partial charge in [0.05, 0.1) is 11.7 Å². The summed E-state index contributed by atoms with van der Waals surface area (Å²) in [6.07, 6.45) is 0.537. The molecule has 7 heteroatoms. The second-order valence-electron chi connectivity index (χ2n) is 5.53. The molecule has 1 heterocycles. The van der Waals surface area contributed by atoms with Crippen LogP contribution in [0.25, 0.3) is 0 Å². The number of aliphatic carboxylic acids is 1. The molecule has 112 valence electrons. The first kappa shape index (κ1) is 16.4. The summed E-state index contributed by atoms with van der Waals surface area (Å²) in [6, 6.07) is 0. The van der Waals surface area contributed by atoms with Crippen LogP contribution in [0.4, 0.5) is 0 Å². The Morgan fingerprint density at radius 3 is 2.63 bits per heavy atom. The highest BCUT2D eigenvalue weighted by Gasteiger charge is 2.35. The summed E-state index contributed by atoms with van der Waals surface area (Å²) in [6.45, 7) is 4.57. The lowest BCUT2D eigenvalue weighted by Gasteiger charge is -2.34. The van der Waals surface area contributed by atoms with Crippen LogP contribution in [0.3, 0.4) is 0 Å². The third kappa shape index (κ3) is 4.74. The smallest absolute Gasteiger partial charge is 0.307 e. The molecule has 0 bridgehead atoms. The van der Waals surface area contributed by atoms with E-state index in [0.717, 1.165) is 0 Å². The maximum atomic E-state index is 12.3. The normalized spacial score (nSPS) is 27.1. The van der Waals surface area contributed by atoms with Crippen molar-refractivity contribution in [2.24, 2.45) is 17.8 Å². The van der Waals surface area contributed by atoms with Crippen molar-refractivity contribution in [1.82, 2.24) is 4.31 Å². The highest BCUT2D eigenvalue weighted by atomic mass is 32.2. The van der Waals surface area contributed by atoms with E-state index < -0.39 is 21.9 Å². The molecule has 0 amide bonds. The molecule has 1 saturated heterocycles. The number of sulfonamides is 1. The molecule has 1 rings (SSSR count). The van der Waals surface area contributed by atoms with Crippen LogP contribution in [-0.2, 0) is 19.6 Å². The second kappa shape index (κ2) is 6.67. The summed E-state index contributed by atoms with van der Waals surface area (Å²) >= 11 is 0. The van der Waals surface area contributed by atoms with Gasteiger partial charge < -0.3 is 9.84 Å². The van der Waals surface area contributed by atoms with Crippen molar-refractivity contribution in [3.8, 4) is 0 Å². The summed E-state index contributed by atoms with van der Waals surface area (Å²) < 4.78 is 30.8. The lowest BCUT2D eigenvalue weighted by molar-refractivity contribution is -0.143. The van der Waals surface area contributed by atoms with Crippen molar-refractivity contribution >= 4 is 16.0 Å². The number of rotatable bonds is 6. The average Bonchev–Trinajstić information content (AvgIpc) is 2.27. The Bertz CT molecular complexity index is 408. The highest BCUT2D eigenvalue weighted by molar-refractivity contribution is 7.89. The number of piperidine rings is 1. The lowest BCUT2D eigenvalue weighted by Crippen LogP contribution is -2.47. The number of carboxylic acids is 1. The zero-order valence-electron chi connectivity index (χ0n) is 11.7. The maximum Gasteiger partial charge on any atom is 0.307 e. The van der Waals surface area contributed by atoms with E-state index in [1.165, 1.54) is 11.4 Å². The van der Waals surface area contributed by atoms with E-state index in [-0.39, 0.29) is 24.1 Å². The molecule has 1 fully saturated rings. The molecule has 0 aromatic heterocycles. The van der Waals surface area contributed by atoms with Gasteiger partial charge in [-0.05, 0) is 18.3 Å². The molecule has 1 aliphatic heterocycles. The number of ether oxygens (including phenoxy) is 1. The van der Waals surface area contributed by atoms with Gasteiger partial charge in [0.25, 0.3) is 0 Å². The first-order chi connectivity index (χ1) is 8.76. The molecule has 19 heavy (non-hydrogen) atoms. The molecular formula is C12H23NO5S. The highest BCUT2D eigenvalue weighted by Crippen LogP contribution is 2.24. The van der Waals surface area contributed by atoms with E-state index in [1.807, 2.05) is 13.8 Å². The zero-order chi connectivity index (χ0) is 14.6. The Morgan fingerprint density at radius 2 is 2.11 bits per heavy atom. The topological polar surface area (TPSA) is 83.9 Å². The molecule has 0 aliphatic carbocycles. The minimum absolute atomic E-state index is 0.000100. The van der Waals surface area contributed by atoms with E-state index in [0.29, 0.717) is 19.6 Å². The lowest BCUT2D eigenvalue weighted by atomic mass is 9.92. The number of carboxylic acid groups (broad SMARTS) is 1. The predicted octanol–water partition coefficient (Wildman–Crippen LogP) is 0.641. The van der Waals surface area contributed by atoms with Gasteiger partial charge in [0.1, 0.15) is 0 Å². The zero-order valence-corrected chi connectivity index (χ0v) is 12.5. The summed E-state index contributed by atoms with van der Waals surface area (Å²) in [5.41, 5.74) is 0. The Kier molecular flexibility index (Phi) is 5.76. The van der Waals surface area contributed by atoms with E-state index >= 15 is 0 Å². The SMILES string of the molecule is COCC(C)CS(=O)(=O)N1CC(C)CC(C(=O)O)C1. The molecule has 0 aromatic carbocycles. The third-order valence-corrected chi connectivity index (χ3v) is 5.39. The Labute approximate surface area is 114 Å². The maximum absolute atomic E-state index is 12.3. The molecule has 3 atom stereocenters. The van der Waals surface area contributed by atoms with Gasteiger partial charge >= 0.3 is 5.97 Å². The van der Waals surface area contributed by atoms with Crippen LogP contribution in [0, 0.1) is 17.8 Å². The van der Waals surface area contributed by atoms with Crippen molar-refractivity contribution in [2.75, 3.05) is 32.6 Å². The molecule has 1 N–H and O–H groups in total. The van der Waals surface area contributed by atoms with Crippen LogP contribution >= 0.6 is 0 Å². The molecular weight excluding hydrogens is 270 g/mol. The quantitative estimate of drug-likeness (QED) is 0.777. The molecule has 6 nitrogen and oxygen atoms in total. The summed E-state index contributed by atoms with van der Waals surface area (Å²) in [4.78, 5) is 11.1. The van der Waals surface area contributed by atoms with E-state index in [1.54, 1.807) is 0 Å². The van der Waals surface area contributed by atoms with Gasteiger partial charge in [-0.25, -0.2) is 12.7 Å². The van der Waals surface area contributed by atoms with Gasteiger partial charge in [0, 0.05) is 26.8 Å². The molecule has 0 radical (unpaired) electrons. The first-order valence-corrected chi connectivity index (χ1v) is 8.06. The van der Waals surface area contributed by atoms with Crippen LogP contribution in [-0.4, -0.2) is 56.4 Å². The van der Waals surface area contributed by atoms with Crippen molar-refractivity contribution in [3.05, 3.63) is 0 Å². The Morgan fingerprint density at radius 1 is 1.47 bits per heavy atom. The van der Waals surface area contributed by atoms with Crippen molar-refractivity contribution in [2.45, 2.75) is 20.3 Å². The summed E-state index contributed by atoms with van der Waals surface area (Å²) in [5, 5.41) is 9.06. The van der Waals surface area contributed by atoms with Crippen molar-refractivity contribution in [3.63, 3.8) is 0 Å². The predicted molar refractivity (Wildman–Crippen MR) is 71.3 cm³/mol. The van der Waals surface area contributed by atoms with E-state index in [2.05, 4.69) is 0 Å². The fourth-order valence-corrected chi connectivity index (χ4v) is 4.42. The molecule has 0 spiro atoms. The minimum atomic E-state index is -3.41.